The number of benzene rings is 1. The normalized spacial score (nSPS) is 20.3. The first-order valence-electron chi connectivity index (χ1n) is 8.14. The average molecular weight is 289 g/mol. The summed E-state index contributed by atoms with van der Waals surface area (Å²) in [6.07, 6.45) is 5.09. The first-order chi connectivity index (χ1) is 10.2. The first kappa shape index (κ1) is 16.0. The van der Waals surface area contributed by atoms with Crippen molar-refractivity contribution in [1.29, 1.82) is 0 Å². The number of hydrogen-bond acceptors (Lipinski definition) is 2. The van der Waals surface area contributed by atoms with Gasteiger partial charge in [-0.15, -0.1) is 0 Å². The molecule has 2 rings (SSSR count). The number of aliphatic hydroxyl groups is 1. The summed E-state index contributed by atoms with van der Waals surface area (Å²) in [5, 5.41) is 9.26. The lowest BCUT2D eigenvalue weighted by atomic mass is 9.95. The lowest BCUT2D eigenvalue weighted by Crippen LogP contribution is -2.43. The van der Waals surface area contributed by atoms with Crippen LogP contribution in [0.4, 0.5) is 0 Å². The molecule has 0 bridgehead atoms. The van der Waals surface area contributed by atoms with Gasteiger partial charge in [-0.2, -0.15) is 0 Å². The molecule has 3 heteroatoms. The van der Waals surface area contributed by atoms with E-state index >= 15 is 0 Å². The second-order valence-electron chi connectivity index (χ2n) is 6.25. The number of aryl methyl sites for hydroxylation is 1. The Morgan fingerprint density at radius 3 is 2.86 bits per heavy atom. The molecule has 2 unspecified atom stereocenters. The quantitative estimate of drug-likeness (QED) is 0.875. The van der Waals surface area contributed by atoms with Crippen molar-refractivity contribution in [2.24, 2.45) is 11.8 Å². The Labute approximate surface area is 128 Å². The third-order valence-electron chi connectivity index (χ3n) is 4.46. The molecule has 3 nitrogen and oxygen atoms in total. The molecule has 0 saturated carbocycles. The topological polar surface area (TPSA) is 40.5 Å². The Hall–Kier alpha value is -1.35. The highest BCUT2D eigenvalue weighted by atomic mass is 16.3. The Morgan fingerprint density at radius 1 is 1.38 bits per heavy atom. The summed E-state index contributed by atoms with van der Waals surface area (Å²) in [5.74, 6) is 0.631. The van der Waals surface area contributed by atoms with Crippen molar-refractivity contribution in [3.05, 3.63) is 35.9 Å². The third kappa shape index (κ3) is 4.85. The van der Waals surface area contributed by atoms with E-state index in [1.807, 2.05) is 17.9 Å². The Bertz CT molecular complexity index is 432. The van der Waals surface area contributed by atoms with Crippen molar-refractivity contribution in [1.82, 2.24) is 4.90 Å². The summed E-state index contributed by atoms with van der Waals surface area (Å²) < 4.78 is 0. The molecule has 1 aliphatic heterocycles. The lowest BCUT2D eigenvalue weighted by molar-refractivity contribution is -0.137. The highest BCUT2D eigenvalue weighted by Gasteiger charge is 2.26. The predicted molar refractivity (Wildman–Crippen MR) is 84.9 cm³/mol. The van der Waals surface area contributed by atoms with Crippen molar-refractivity contribution in [2.45, 2.75) is 39.0 Å². The number of carbonyl (C=O) groups is 1. The summed E-state index contributed by atoms with van der Waals surface area (Å²) in [5.41, 5.74) is 1.34. The molecular formula is C18H27NO2. The first-order valence-corrected chi connectivity index (χ1v) is 8.14. The maximum Gasteiger partial charge on any atom is 0.225 e. The van der Waals surface area contributed by atoms with E-state index in [4.69, 9.17) is 0 Å². The SMILES string of the molecule is CC(CCCc1ccccc1)C(=O)N1CCCC(CO)C1. The molecule has 1 aromatic rings. The van der Waals surface area contributed by atoms with Gasteiger partial charge in [-0.25, -0.2) is 0 Å². The van der Waals surface area contributed by atoms with Crippen molar-refractivity contribution < 1.29 is 9.90 Å². The standard InChI is InChI=1S/C18H27NO2/c1-15(7-5-10-16-8-3-2-4-9-16)18(21)19-12-6-11-17(13-19)14-20/h2-4,8-9,15,17,20H,5-7,10-14H2,1H3. The molecule has 1 amide bonds. The van der Waals surface area contributed by atoms with Gasteiger partial charge in [-0.3, -0.25) is 4.79 Å². The Morgan fingerprint density at radius 2 is 2.14 bits per heavy atom. The van der Waals surface area contributed by atoms with Gasteiger partial charge in [0.25, 0.3) is 0 Å². The second kappa shape index (κ2) is 8.18. The van der Waals surface area contributed by atoms with Crippen LogP contribution in [0.5, 0.6) is 0 Å². The second-order valence-corrected chi connectivity index (χ2v) is 6.25. The lowest BCUT2D eigenvalue weighted by Gasteiger charge is -2.33. The van der Waals surface area contributed by atoms with E-state index in [1.54, 1.807) is 0 Å². The fraction of sp³-hybridized carbons (Fsp3) is 0.611. The Balaban J connectivity index is 1.74. The molecule has 0 spiro atoms. The van der Waals surface area contributed by atoms with E-state index < -0.39 is 0 Å². The molecule has 2 atom stereocenters. The number of likely N-dealkylation sites (tertiary alicyclic amines) is 1. The van der Waals surface area contributed by atoms with Crippen molar-refractivity contribution in [3.63, 3.8) is 0 Å². The van der Waals surface area contributed by atoms with Gasteiger partial charge in [-0.1, -0.05) is 37.3 Å². The van der Waals surface area contributed by atoms with Crippen LogP contribution in [0.25, 0.3) is 0 Å². The van der Waals surface area contributed by atoms with E-state index in [1.165, 1.54) is 5.56 Å². The number of carbonyl (C=O) groups excluding carboxylic acids is 1. The molecule has 0 aliphatic carbocycles. The Kier molecular flexibility index (Phi) is 6.24. The molecule has 1 heterocycles. The van der Waals surface area contributed by atoms with E-state index in [-0.39, 0.29) is 24.3 Å². The van der Waals surface area contributed by atoms with Crippen LogP contribution >= 0.6 is 0 Å². The molecule has 0 radical (unpaired) electrons. The maximum atomic E-state index is 12.4. The fourth-order valence-electron chi connectivity index (χ4n) is 3.11. The number of amides is 1. The highest BCUT2D eigenvalue weighted by molar-refractivity contribution is 5.78. The summed E-state index contributed by atoms with van der Waals surface area (Å²) >= 11 is 0. The van der Waals surface area contributed by atoms with Gasteiger partial charge in [0.2, 0.25) is 5.91 Å². The van der Waals surface area contributed by atoms with E-state index in [0.29, 0.717) is 0 Å². The number of rotatable bonds is 6. The highest BCUT2D eigenvalue weighted by Crippen LogP contribution is 2.20. The van der Waals surface area contributed by atoms with Crippen molar-refractivity contribution >= 4 is 5.91 Å². The molecule has 1 aliphatic rings. The number of nitrogens with zero attached hydrogens (tertiary/aromatic N) is 1. The third-order valence-corrected chi connectivity index (χ3v) is 4.46. The van der Waals surface area contributed by atoms with Gasteiger partial charge >= 0.3 is 0 Å². The zero-order chi connectivity index (χ0) is 15.1. The number of aliphatic hydroxyl groups excluding tert-OH is 1. The predicted octanol–water partition coefficient (Wildman–Crippen LogP) is 2.88. The summed E-state index contributed by atoms with van der Waals surface area (Å²) in [6.45, 7) is 3.83. The van der Waals surface area contributed by atoms with Gasteiger partial charge < -0.3 is 10.0 Å². The van der Waals surface area contributed by atoms with Crippen LogP contribution in [0.1, 0.15) is 38.2 Å². The molecule has 1 N–H and O–H groups in total. The van der Waals surface area contributed by atoms with Crippen LogP contribution in [0.2, 0.25) is 0 Å². The number of hydrogen-bond donors (Lipinski definition) is 1. The largest absolute Gasteiger partial charge is 0.396 e. The molecule has 1 saturated heterocycles. The molecular weight excluding hydrogens is 262 g/mol. The van der Waals surface area contributed by atoms with Crippen LogP contribution in [0, 0.1) is 11.8 Å². The van der Waals surface area contributed by atoms with Gasteiger partial charge in [0, 0.05) is 25.6 Å². The molecule has 0 aromatic heterocycles. The zero-order valence-electron chi connectivity index (χ0n) is 13.0. The molecule has 1 aromatic carbocycles. The van der Waals surface area contributed by atoms with E-state index in [9.17, 15) is 9.90 Å². The van der Waals surface area contributed by atoms with Gasteiger partial charge in [0.05, 0.1) is 0 Å². The molecule has 116 valence electrons. The fourth-order valence-corrected chi connectivity index (χ4v) is 3.11. The zero-order valence-corrected chi connectivity index (χ0v) is 13.0. The minimum atomic E-state index is 0.0890. The van der Waals surface area contributed by atoms with Crippen LogP contribution in [-0.2, 0) is 11.2 Å². The minimum Gasteiger partial charge on any atom is -0.396 e. The summed E-state index contributed by atoms with van der Waals surface area (Å²) in [4.78, 5) is 14.4. The summed E-state index contributed by atoms with van der Waals surface area (Å²) in [7, 11) is 0. The van der Waals surface area contributed by atoms with E-state index in [0.717, 1.165) is 45.2 Å². The molecule has 1 fully saturated rings. The minimum absolute atomic E-state index is 0.0890. The van der Waals surface area contributed by atoms with Gasteiger partial charge in [0.15, 0.2) is 0 Å². The van der Waals surface area contributed by atoms with E-state index in [2.05, 4.69) is 24.3 Å². The smallest absolute Gasteiger partial charge is 0.225 e. The average Bonchev–Trinajstić information content (AvgIpc) is 2.55. The van der Waals surface area contributed by atoms with Crippen LogP contribution < -0.4 is 0 Å². The van der Waals surface area contributed by atoms with Gasteiger partial charge in [0.1, 0.15) is 0 Å². The van der Waals surface area contributed by atoms with Crippen molar-refractivity contribution in [3.8, 4) is 0 Å². The van der Waals surface area contributed by atoms with Crippen molar-refractivity contribution in [2.75, 3.05) is 19.7 Å². The van der Waals surface area contributed by atoms with Crippen LogP contribution in [0.15, 0.2) is 30.3 Å². The summed E-state index contributed by atoms with van der Waals surface area (Å²) in [6, 6.07) is 10.4. The molecule has 21 heavy (non-hydrogen) atoms. The number of piperidine rings is 1. The van der Waals surface area contributed by atoms with Crippen LogP contribution in [0.3, 0.4) is 0 Å². The van der Waals surface area contributed by atoms with Crippen LogP contribution in [-0.4, -0.2) is 35.6 Å². The monoisotopic (exact) mass is 289 g/mol. The van der Waals surface area contributed by atoms with Gasteiger partial charge in [-0.05, 0) is 43.6 Å². The maximum absolute atomic E-state index is 12.4.